The van der Waals surface area contributed by atoms with Crippen molar-refractivity contribution >= 4 is 35.2 Å². The Morgan fingerprint density at radius 2 is 1.14 bits per heavy atom. The van der Waals surface area contributed by atoms with Gasteiger partial charge in [-0.15, -0.1) is 0 Å². The van der Waals surface area contributed by atoms with Gasteiger partial charge in [-0.25, -0.2) is 0 Å². The lowest BCUT2D eigenvalue weighted by Crippen LogP contribution is -2.50. The fourth-order valence-electron chi connectivity index (χ4n) is 6.57. The third-order valence-corrected chi connectivity index (χ3v) is 10.2. The van der Waals surface area contributed by atoms with E-state index >= 15 is 0 Å². The summed E-state index contributed by atoms with van der Waals surface area (Å²) in [4.78, 5) is 75.0. The largest absolute Gasteiger partial charge is 0.394 e. The average molecular weight is 788 g/mol. The zero-order valence-corrected chi connectivity index (χ0v) is 34.1. The first kappa shape index (κ1) is 50.3. The van der Waals surface area contributed by atoms with E-state index in [1.807, 2.05) is 30.3 Å². The van der Waals surface area contributed by atoms with E-state index in [1.165, 1.54) is 57.8 Å². The van der Waals surface area contributed by atoms with E-state index in [0.717, 1.165) is 31.2 Å². The van der Waals surface area contributed by atoms with Gasteiger partial charge in [-0.05, 0) is 44.1 Å². The van der Waals surface area contributed by atoms with Crippen LogP contribution in [-0.2, 0) is 35.2 Å². The number of nitrogens with one attached hydrogen (secondary N) is 3. The van der Waals surface area contributed by atoms with E-state index in [-0.39, 0.29) is 61.9 Å². The monoisotopic (exact) mass is 788 g/mol. The Hall–Kier alpha value is -3.68. The van der Waals surface area contributed by atoms with Crippen LogP contribution in [-0.4, -0.2) is 83.3 Å². The summed E-state index contributed by atoms with van der Waals surface area (Å²) >= 11 is 0. The molecule has 318 valence electrons. The molecule has 1 aromatic rings. The number of ketones is 2. The molecule has 0 aliphatic heterocycles. The minimum Gasteiger partial charge on any atom is -0.394 e. The molecule has 4 unspecified atom stereocenters. The van der Waals surface area contributed by atoms with Crippen molar-refractivity contribution in [2.45, 2.75) is 173 Å². The number of hydrogen-bond donors (Lipinski definition) is 7. The van der Waals surface area contributed by atoms with Gasteiger partial charge in [0.1, 0.15) is 12.1 Å². The molecule has 0 aliphatic carbocycles. The van der Waals surface area contributed by atoms with Crippen LogP contribution in [0.4, 0.5) is 0 Å². The van der Waals surface area contributed by atoms with Crippen LogP contribution in [0.25, 0.3) is 0 Å². The van der Waals surface area contributed by atoms with Gasteiger partial charge in [0.2, 0.25) is 23.6 Å². The average Bonchev–Trinajstić information content (AvgIpc) is 3.19. The Kier molecular flexibility index (Phi) is 29.1. The van der Waals surface area contributed by atoms with Gasteiger partial charge < -0.3 is 37.6 Å². The number of hydrogen-bond acceptors (Lipinski definition) is 9. The topological polar surface area (TPSA) is 231 Å². The molecule has 1 rings (SSSR count). The molecule has 0 fully saturated rings. The Bertz CT molecular complexity index is 1260. The molecule has 56 heavy (non-hydrogen) atoms. The SMILES string of the molecule is CCCCCCCCCCCCCCCC(=O)NC(CO)C(=O)CCC(CCC(=O)NCCCCCC(=O)C(Cc1ccccc1)NC(=O)C(N)CO)C(N)=O. The molecule has 13 heteroatoms. The first-order chi connectivity index (χ1) is 27.0. The maximum absolute atomic E-state index is 13.0. The summed E-state index contributed by atoms with van der Waals surface area (Å²) in [6.45, 7) is 1.54. The highest BCUT2D eigenvalue weighted by Crippen LogP contribution is 2.16. The highest BCUT2D eigenvalue weighted by atomic mass is 16.3. The van der Waals surface area contributed by atoms with Crippen LogP contribution >= 0.6 is 0 Å². The van der Waals surface area contributed by atoms with Crippen molar-refractivity contribution in [3.8, 4) is 0 Å². The number of carbonyl (C=O) groups excluding carboxylic acids is 6. The summed E-state index contributed by atoms with van der Waals surface area (Å²) in [7, 11) is 0. The minimum absolute atomic E-state index is 0.0381. The van der Waals surface area contributed by atoms with Crippen LogP contribution in [0.3, 0.4) is 0 Å². The summed E-state index contributed by atoms with van der Waals surface area (Å²) in [5.41, 5.74) is 12.1. The maximum atomic E-state index is 13.0. The van der Waals surface area contributed by atoms with Gasteiger partial charge in [0, 0.05) is 38.1 Å². The molecule has 4 amide bonds. The predicted molar refractivity (Wildman–Crippen MR) is 219 cm³/mol. The fraction of sp³-hybridized carbons (Fsp3) is 0.721. The number of rotatable bonds is 36. The van der Waals surface area contributed by atoms with E-state index < -0.39 is 49.1 Å². The second kappa shape index (κ2) is 32.4. The van der Waals surface area contributed by atoms with Gasteiger partial charge in [-0.1, -0.05) is 121 Å². The molecular formula is C43H73N5O8. The first-order valence-corrected chi connectivity index (χ1v) is 21.2. The van der Waals surface area contributed by atoms with Crippen molar-refractivity contribution in [2.24, 2.45) is 17.4 Å². The summed E-state index contributed by atoms with van der Waals surface area (Å²) in [5.74, 6) is -3.01. The number of benzene rings is 1. The number of amides is 4. The number of carbonyl (C=O) groups is 6. The molecule has 1 aromatic carbocycles. The van der Waals surface area contributed by atoms with Gasteiger partial charge in [-0.3, -0.25) is 28.8 Å². The summed E-state index contributed by atoms with van der Waals surface area (Å²) < 4.78 is 0. The predicted octanol–water partition coefficient (Wildman–Crippen LogP) is 4.47. The Balaban J connectivity index is 2.28. The molecule has 4 atom stereocenters. The quantitative estimate of drug-likeness (QED) is 0.0475. The van der Waals surface area contributed by atoms with Crippen molar-refractivity contribution in [2.75, 3.05) is 19.8 Å². The van der Waals surface area contributed by atoms with Crippen molar-refractivity contribution < 1.29 is 39.0 Å². The third-order valence-electron chi connectivity index (χ3n) is 10.2. The van der Waals surface area contributed by atoms with E-state index in [1.54, 1.807) is 0 Å². The van der Waals surface area contributed by atoms with Crippen LogP contribution in [0.5, 0.6) is 0 Å². The van der Waals surface area contributed by atoms with Crippen LogP contribution in [0.1, 0.15) is 154 Å². The maximum Gasteiger partial charge on any atom is 0.239 e. The molecule has 0 aromatic heterocycles. The second-order valence-electron chi connectivity index (χ2n) is 15.1. The molecular weight excluding hydrogens is 714 g/mol. The number of nitrogens with two attached hydrogens (primary N) is 2. The van der Waals surface area contributed by atoms with Crippen molar-refractivity contribution in [1.82, 2.24) is 16.0 Å². The standard InChI is InChI=1S/C43H73N5O8/c1-2-3-4-5-6-7-8-9-10-11-12-13-19-24-41(54)47-37(32-50)39(52)27-25-34(42(45)55)26-28-40(53)46-29-20-15-18-23-38(51)36(48-43(56)35(44)31-49)30-33-21-16-14-17-22-33/h14,16-17,21-22,34-37,49-50H,2-13,15,18-20,23-32,44H2,1H3,(H2,45,55)(H,46,53)(H,47,54)(H,48,56). The van der Waals surface area contributed by atoms with E-state index in [0.29, 0.717) is 32.2 Å². The highest BCUT2D eigenvalue weighted by Gasteiger charge is 2.25. The molecule has 9 N–H and O–H groups in total. The normalized spacial score (nSPS) is 13.3. The van der Waals surface area contributed by atoms with Gasteiger partial charge in [0.15, 0.2) is 11.6 Å². The first-order valence-electron chi connectivity index (χ1n) is 21.2. The van der Waals surface area contributed by atoms with Gasteiger partial charge in [-0.2, -0.15) is 0 Å². The lowest BCUT2D eigenvalue weighted by atomic mass is 9.94. The number of Topliss-reactive ketones (excluding diaryl/α,β-unsaturated/α-hetero) is 2. The highest BCUT2D eigenvalue weighted by molar-refractivity contribution is 5.91. The van der Waals surface area contributed by atoms with E-state index in [2.05, 4.69) is 22.9 Å². The molecule has 0 saturated heterocycles. The van der Waals surface area contributed by atoms with Gasteiger partial charge in [0.25, 0.3) is 0 Å². The minimum atomic E-state index is -1.12. The molecule has 13 nitrogen and oxygen atoms in total. The fourth-order valence-corrected chi connectivity index (χ4v) is 6.57. The van der Waals surface area contributed by atoms with Crippen LogP contribution in [0, 0.1) is 5.92 Å². The molecule has 0 saturated carbocycles. The van der Waals surface area contributed by atoms with Crippen molar-refractivity contribution in [3.05, 3.63) is 35.9 Å². The third kappa shape index (κ3) is 24.8. The molecule has 0 spiro atoms. The molecule has 0 radical (unpaired) electrons. The number of primary amides is 1. The number of aliphatic hydroxyl groups excluding tert-OH is 2. The summed E-state index contributed by atoms with van der Waals surface area (Å²) in [5, 5.41) is 27.0. The number of aliphatic hydroxyl groups is 2. The van der Waals surface area contributed by atoms with Crippen LogP contribution in [0.2, 0.25) is 0 Å². The van der Waals surface area contributed by atoms with E-state index in [9.17, 15) is 39.0 Å². The van der Waals surface area contributed by atoms with Gasteiger partial charge >= 0.3 is 0 Å². The Morgan fingerprint density at radius 3 is 1.71 bits per heavy atom. The zero-order chi connectivity index (χ0) is 41.4. The van der Waals surface area contributed by atoms with Gasteiger partial charge in [0.05, 0.1) is 19.3 Å². The second-order valence-corrected chi connectivity index (χ2v) is 15.1. The van der Waals surface area contributed by atoms with Crippen molar-refractivity contribution in [3.63, 3.8) is 0 Å². The molecule has 0 aliphatic rings. The van der Waals surface area contributed by atoms with Crippen LogP contribution in [0.15, 0.2) is 30.3 Å². The van der Waals surface area contributed by atoms with Crippen molar-refractivity contribution in [1.29, 1.82) is 0 Å². The Morgan fingerprint density at radius 1 is 0.607 bits per heavy atom. The Labute approximate surface area is 335 Å². The van der Waals surface area contributed by atoms with Crippen LogP contribution < -0.4 is 27.4 Å². The summed E-state index contributed by atoms with van der Waals surface area (Å²) in [6.07, 6.45) is 18.5. The molecule has 0 bridgehead atoms. The smallest absolute Gasteiger partial charge is 0.239 e. The summed E-state index contributed by atoms with van der Waals surface area (Å²) in [6, 6.07) is 6.34. The lowest BCUT2D eigenvalue weighted by Gasteiger charge is -2.20. The molecule has 0 heterocycles. The van der Waals surface area contributed by atoms with E-state index in [4.69, 9.17) is 11.5 Å². The lowest BCUT2D eigenvalue weighted by molar-refractivity contribution is -0.129. The zero-order valence-electron chi connectivity index (χ0n) is 34.1. The number of unbranched alkanes of at least 4 members (excludes halogenated alkanes) is 14.